The molecule has 3 nitrogen and oxygen atoms in total. The Morgan fingerprint density at radius 2 is 2.20 bits per heavy atom. The third-order valence-corrected chi connectivity index (χ3v) is 3.25. The maximum Gasteiger partial charge on any atom is 0.110 e. The minimum Gasteiger partial charge on any atom is -0.329 e. The summed E-state index contributed by atoms with van der Waals surface area (Å²) in [6, 6.07) is 0.883. The standard InChI is InChI=1S/C12H21N3/c1-9(13)7-12-14-8-10(2)15(12)11-5-3-4-6-11/h8-9,11H,3-7,13H2,1-2H3. The Bertz CT molecular complexity index is 322. The van der Waals surface area contributed by atoms with Crippen LogP contribution in [0.15, 0.2) is 6.20 Å². The van der Waals surface area contributed by atoms with E-state index in [0.29, 0.717) is 6.04 Å². The molecule has 1 aromatic rings. The van der Waals surface area contributed by atoms with E-state index < -0.39 is 0 Å². The summed E-state index contributed by atoms with van der Waals surface area (Å²) in [4.78, 5) is 4.48. The molecule has 1 heterocycles. The molecule has 1 atom stereocenters. The van der Waals surface area contributed by atoms with Crippen molar-refractivity contribution in [2.24, 2.45) is 5.73 Å². The second-order valence-electron chi connectivity index (χ2n) is 4.81. The van der Waals surface area contributed by atoms with E-state index in [0.717, 1.165) is 6.42 Å². The van der Waals surface area contributed by atoms with Gasteiger partial charge in [-0.1, -0.05) is 12.8 Å². The van der Waals surface area contributed by atoms with Crippen LogP contribution in [0.5, 0.6) is 0 Å². The molecular formula is C12H21N3. The lowest BCUT2D eigenvalue weighted by molar-refractivity contribution is 0.480. The Labute approximate surface area is 91.7 Å². The number of hydrogen-bond acceptors (Lipinski definition) is 2. The Balaban J connectivity index is 2.22. The number of imidazole rings is 1. The molecule has 0 saturated heterocycles. The highest BCUT2D eigenvalue weighted by atomic mass is 15.1. The van der Waals surface area contributed by atoms with Gasteiger partial charge in [0.25, 0.3) is 0 Å². The van der Waals surface area contributed by atoms with Crippen molar-refractivity contribution < 1.29 is 0 Å². The average molecular weight is 207 g/mol. The van der Waals surface area contributed by atoms with Gasteiger partial charge >= 0.3 is 0 Å². The zero-order chi connectivity index (χ0) is 10.8. The van der Waals surface area contributed by atoms with Crippen molar-refractivity contribution in [1.82, 2.24) is 9.55 Å². The van der Waals surface area contributed by atoms with Crippen LogP contribution in [-0.4, -0.2) is 15.6 Å². The molecule has 1 aromatic heterocycles. The molecule has 2 rings (SSSR count). The second kappa shape index (κ2) is 4.35. The minimum absolute atomic E-state index is 0.201. The van der Waals surface area contributed by atoms with Gasteiger partial charge in [0, 0.05) is 30.4 Å². The van der Waals surface area contributed by atoms with Crippen molar-refractivity contribution in [2.75, 3.05) is 0 Å². The van der Waals surface area contributed by atoms with Gasteiger partial charge in [-0.3, -0.25) is 0 Å². The zero-order valence-electron chi connectivity index (χ0n) is 9.74. The molecule has 1 saturated carbocycles. The molecule has 1 aliphatic carbocycles. The molecule has 0 amide bonds. The van der Waals surface area contributed by atoms with Gasteiger partial charge in [-0.15, -0.1) is 0 Å². The number of nitrogens with two attached hydrogens (primary N) is 1. The third-order valence-electron chi connectivity index (χ3n) is 3.25. The van der Waals surface area contributed by atoms with Crippen molar-refractivity contribution in [3.05, 3.63) is 17.7 Å². The van der Waals surface area contributed by atoms with Gasteiger partial charge in [-0.25, -0.2) is 4.98 Å². The molecule has 0 aliphatic heterocycles. The largest absolute Gasteiger partial charge is 0.329 e. The first-order valence-corrected chi connectivity index (χ1v) is 5.96. The Hall–Kier alpha value is -0.830. The van der Waals surface area contributed by atoms with Crippen LogP contribution in [0.1, 0.15) is 50.2 Å². The zero-order valence-corrected chi connectivity index (χ0v) is 9.74. The summed E-state index contributed by atoms with van der Waals surface area (Å²) >= 11 is 0. The van der Waals surface area contributed by atoms with E-state index in [4.69, 9.17) is 5.73 Å². The quantitative estimate of drug-likeness (QED) is 0.825. The Morgan fingerprint density at radius 3 is 2.80 bits per heavy atom. The topological polar surface area (TPSA) is 43.8 Å². The van der Waals surface area contributed by atoms with Gasteiger partial charge in [-0.05, 0) is 26.7 Å². The van der Waals surface area contributed by atoms with E-state index in [-0.39, 0.29) is 6.04 Å². The van der Waals surface area contributed by atoms with Crippen LogP contribution >= 0.6 is 0 Å². The second-order valence-corrected chi connectivity index (χ2v) is 4.81. The van der Waals surface area contributed by atoms with Gasteiger partial charge in [0.15, 0.2) is 0 Å². The van der Waals surface area contributed by atoms with E-state index >= 15 is 0 Å². The molecule has 0 aromatic carbocycles. The number of nitrogens with zero attached hydrogens (tertiary/aromatic N) is 2. The van der Waals surface area contributed by atoms with Crippen molar-refractivity contribution >= 4 is 0 Å². The van der Waals surface area contributed by atoms with E-state index in [1.165, 1.54) is 37.2 Å². The average Bonchev–Trinajstić information content (AvgIpc) is 2.74. The van der Waals surface area contributed by atoms with Gasteiger partial charge in [-0.2, -0.15) is 0 Å². The fraction of sp³-hybridized carbons (Fsp3) is 0.750. The highest BCUT2D eigenvalue weighted by Gasteiger charge is 2.21. The van der Waals surface area contributed by atoms with Gasteiger partial charge in [0.2, 0.25) is 0 Å². The highest BCUT2D eigenvalue weighted by Crippen LogP contribution is 2.31. The summed E-state index contributed by atoms with van der Waals surface area (Å²) in [6.45, 7) is 4.19. The predicted octanol–water partition coefficient (Wildman–Crippen LogP) is 2.20. The molecule has 3 heteroatoms. The first kappa shape index (κ1) is 10.7. The molecule has 84 valence electrons. The van der Waals surface area contributed by atoms with Crippen LogP contribution in [0.2, 0.25) is 0 Å². The van der Waals surface area contributed by atoms with Crippen molar-refractivity contribution in [3.8, 4) is 0 Å². The number of aryl methyl sites for hydroxylation is 1. The monoisotopic (exact) mass is 207 g/mol. The van der Waals surface area contributed by atoms with E-state index in [2.05, 4.69) is 16.5 Å². The van der Waals surface area contributed by atoms with Crippen LogP contribution < -0.4 is 5.73 Å². The van der Waals surface area contributed by atoms with Gasteiger partial charge in [0.05, 0.1) is 0 Å². The first-order chi connectivity index (χ1) is 7.18. The summed E-state index contributed by atoms with van der Waals surface area (Å²) in [5, 5.41) is 0. The lowest BCUT2D eigenvalue weighted by atomic mass is 10.2. The SMILES string of the molecule is Cc1cnc(CC(C)N)n1C1CCCC1. The molecule has 1 aliphatic rings. The normalized spacial score (nSPS) is 19.7. The molecule has 0 spiro atoms. The van der Waals surface area contributed by atoms with Crippen molar-refractivity contribution in [1.29, 1.82) is 0 Å². The summed E-state index contributed by atoms with van der Waals surface area (Å²) < 4.78 is 2.41. The fourth-order valence-corrected chi connectivity index (χ4v) is 2.60. The van der Waals surface area contributed by atoms with Crippen molar-refractivity contribution in [2.45, 2.75) is 58.0 Å². The Kier molecular flexibility index (Phi) is 3.10. The highest BCUT2D eigenvalue weighted by molar-refractivity contribution is 5.07. The molecule has 0 radical (unpaired) electrons. The summed E-state index contributed by atoms with van der Waals surface area (Å²) in [7, 11) is 0. The lowest BCUT2D eigenvalue weighted by Crippen LogP contribution is -2.22. The van der Waals surface area contributed by atoms with E-state index in [1.807, 2.05) is 13.1 Å². The smallest absolute Gasteiger partial charge is 0.110 e. The maximum atomic E-state index is 5.85. The molecule has 1 fully saturated rings. The minimum atomic E-state index is 0.201. The molecule has 0 bridgehead atoms. The fourth-order valence-electron chi connectivity index (χ4n) is 2.60. The molecular weight excluding hydrogens is 186 g/mol. The number of rotatable bonds is 3. The van der Waals surface area contributed by atoms with Gasteiger partial charge in [0.1, 0.15) is 5.82 Å². The number of hydrogen-bond donors (Lipinski definition) is 1. The summed E-state index contributed by atoms with van der Waals surface area (Å²) in [6.07, 6.45) is 8.21. The van der Waals surface area contributed by atoms with Crippen LogP contribution in [0, 0.1) is 6.92 Å². The Morgan fingerprint density at radius 1 is 1.53 bits per heavy atom. The van der Waals surface area contributed by atoms with Crippen molar-refractivity contribution in [3.63, 3.8) is 0 Å². The van der Waals surface area contributed by atoms with Crippen LogP contribution in [0.3, 0.4) is 0 Å². The van der Waals surface area contributed by atoms with E-state index in [1.54, 1.807) is 0 Å². The first-order valence-electron chi connectivity index (χ1n) is 5.96. The molecule has 2 N–H and O–H groups in total. The summed E-state index contributed by atoms with van der Waals surface area (Å²) in [5.41, 5.74) is 7.14. The summed E-state index contributed by atoms with van der Waals surface area (Å²) in [5.74, 6) is 1.18. The van der Waals surface area contributed by atoms with E-state index in [9.17, 15) is 0 Å². The molecule has 15 heavy (non-hydrogen) atoms. The third kappa shape index (κ3) is 2.23. The maximum absolute atomic E-state index is 5.85. The lowest BCUT2D eigenvalue weighted by Gasteiger charge is -2.18. The van der Waals surface area contributed by atoms with Crippen LogP contribution in [0.4, 0.5) is 0 Å². The van der Waals surface area contributed by atoms with Crippen LogP contribution in [-0.2, 0) is 6.42 Å². The predicted molar refractivity (Wildman–Crippen MR) is 61.8 cm³/mol. The van der Waals surface area contributed by atoms with Gasteiger partial charge < -0.3 is 10.3 Å². The molecule has 1 unspecified atom stereocenters. The number of aromatic nitrogens is 2. The van der Waals surface area contributed by atoms with Crippen LogP contribution in [0.25, 0.3) is 0 Å².